The number of aromatic nitrogens is 2. The van der Waals surface area contributed by atoms with E-state index in [2.05, 4.69) is 9.97 Å². The molecule has 0 radical (unpaired) electrons. The summed E-state index contributed by atoms with van der Waals surface area (Å²) in [4.78, 5) is 18.6. The Kier molecular flexibility index (Phi) is 7.00. The number of non-ortho nitro benzene ring substituents is 1. The van der Waals surface area contributed by atoms with Gasteiger partial charge in [-0.15, -0.1) is 12.1 Å². The molecule has 3 aromatic carbocycles. The molecule has 0 saturated carbocycles. The number of rotatable bonds is 3. The van der Waals surface area contributed by atoms with Crippen LogP contribution in [0.3, 0.4) is 0 Å². The molecular formula is C20H16FeN4O2-6. The third-order valence-electron chi connectivity index (χ3n) is 3.63. The Balaban J connectivity index is 0.000000379. The summed E-state index contributed by atoms with van der Waals surface area (Å²) in [6, 6.07) is 25.7. The van der Waals surface area contributed by atoms with Crippen LogP contribution >= 0.6 is 0 Å². The van der Waals surface area contributed by atoms with Crippen LogP contribution in [0.4, 0.5) is 11.6 Å². The smallest absolute Gasteiger partial charge is 0.269 e. The molecular weight excluding hydrogens is 384 g/mol. The van der Waals surface area contributed by atoms with Gasteiger partial charge in [0.15, 0.2) is 0 Å². The summed E-state index contributed by atoms with van der Waals surface area (Å²) < 4.78 is 0. The van der Waals surface area contributed by atoms with Crippen molar-refractivity contribution in [2.45, 2.75) is 0 Å². The fourth-order valence-corrected chi connectivity index (χ4v) is 2.38. The van der Waals surface area contributed by atoms with Crippen molar-refractivity contribution in [1.29, 1.82) is 0 Å². The molecule has 0 fully saturated rings. The zero-order valence-corrected chi connectivity index (χ0v) is 15.3. The van der Waals surface area contributed by atoms with Gasteiger partial charge in [0.05, 0.1) is 4.92 Å². The van der Waals surface area contributed by atoms with Crippen LogP contribution < -0.4 is 5.73 Å². The van der Waals surface area contributed by atoms with Crippen LogP contribution in [0.1, 0.15) is 0 Å². The standard InChI is InChI=1S/C15H11N4O2.C5H5.Fe/c16-15-17-13(10-3-1-2-4-10)9-14(18-15)11-5-7-12(8-6-11)19(20)21;1-2-4-5-3-1;/h1-9H,(H2,16,17,18);1-5H;/q-1;-5;. The second-order valence-electron chi connectivity index (χ2n) is 5.44. The normalized spacial score (nSPS) is 9.63. The molecule has 0 aliphatic carbocycles. The van der Waals surface area contributed by atoms with Crippen LogP contribution in [0.5, 0.6) is 0 Å². The SMILES string of the molecule is Nc1nc(-c2ccc([N+](=O)[O-])cc2)cc(-[c-]2cccc2)n1.[Fe].[cH-]1[cH-][cH-][cH-][cH-]1. The Bertz CT molecular complexity index is 949. The van der Waals surface area contributed by atoms with E-state index in [0.717, 1.165) is 16.8 Å². The molecule has 0 bridgehead atoms. The molecule has 1 heterocycles. The topological polar surface area (TPSA) is 94.9 Å². The van der Waals surface area contributed by atoms with E-state index in [9.17, 15) is 10.1 Å². The first kappa shape index (κ1) is 20.0. The molecule has 2 N–H and O–H groups in total. The number of nitro benzene ring substituents is 1. The summed E-state index contributed by atoms with van der Waals surface area (Å²) in [5.74, 6) is 0.169. The fourth-order valence-electron chi connectivity index (χ4n) is 2.38. The Hall–Kier alpha value is -3.28. The molecule has 6 nitrogen and oxygen atoms in total. The van der Waals surface area contributed by atoms with Crippen molar-refractivity contribution in [1.82, 2.24) is 9.97 Å². The van der Waals surface area contributed by atoms with Gasteiger partial charge in [0, 0.05) is 34.9 Å². The molecule has 142 valence electrons. The van der Waals surface area contributed by atoms with Gasteiger partial charge in [-0.2, -0.15) is 12.1 Å². The van der Waals surface area contributed by atoms with Gasteiger partial charge in [0.2, 0.25) is 5.95 Å². The minimum atomic E-state index is -0.437. The van der Waals surface area contributed by atoms with Crippen LogP contribution in [0.15, 0.2) is 84.9 Å². The molecule has 0 saturated heterocycles. The number of hydrogen-bond acceptors (Lipinski definition) is 5. The van der Waals surface area contributed by atoms with Crippen LogP contribution in [-0.2, 0) is 17.1 Å². The number of anilines is 1. The van der Waals surface area contributed by atoms with E-state index < -0.39 is 4.92 Å². The zero-order valence-electron chi connectivity index (χ0n) is 14.2. The first-order chi connectivity index (χ1) is 12.6. The summed E-state index contributed by atoms with van der Waals surface area (Å²) in [6.07, 6.45) is 0. The summed E-state index contributed by atoms with van der Waals surface area (Å²) in [5.41, 5.74) is 8.85. The van der Waals surface area contributed by atoms with Crippen LogP contribution in [-0.4, -0.2) is 14.9 Å². The fraction of sp³-hybridized carbons (Fsp3) is 0. The van der Waals surface area contributed by atoms with Gasteiger partial charge in [-0.05, 0) is 23.4 Å². The van der Waals surface area contributed by atoms with Crippen molar-refractivity contribution in [3.63, 3.8) is 0 Å². The van der Waals surface area contributed by atoms with Gasteiger partial charge >= 0.3 is 0 Å². The zero-order chi connectivity index (χ0) is 18.4. The Labute approximate surface area is 167 Å². The van der Waals surface area contributed by atoms with Gasteiger partial charge in [-0.3, -0.25) is 10.1 Å². The number of benzene rings is 1. The molecule has 0 unspecified atom stereocenters. The van der Waals surface area contributed by atoms with E-state index in [-0.39, 0.29) is 28.7 Å². The number of nitrogens with two attached hydrogens (primary N) is 1. The molecule has 0 aliphatic rings. The summed E-state index contributed by atoms with van der Waals surface area (Å²) >= 11 is 0. The number of nitro groups is 1. The number of nitrogen functional groups attached to an aromatic ring is 1. The molecule has 1 aromatic heterocycles. The second kappa shape index (κ2) is 9.43. The first-order valence-electron chi connectivity index (χ1n) is 7.91. The maximum Gasteiger partial charge on any atom is 0.269 e. The van der Waals surface area contributed by atoms with Crippen LogP contribution in [0.2, 0.25) is 0 Å². The minimum Gasteiger partial charge on any atom is -0.748 e. The van der Waals surface area contributed by atoms with Gasteiger partial charge in [0.25, 0.3) is 5.69 Å². The molecule has 4 rings (SSSR count). The average molecular weight is 400 g/mol. The summed E-state index contributed by atoms with van der Waals surface area (Å²) in [6.45, 7) is 0. The average Bonchev–Trinajstić information content (AvgIpc) is 3.37. The van der Waals surface area contributed by atoms with Crippen LogP contribution in [0.25, 0.3) is 22.5 Å². The molecule has 0 aliphatic heterocycles. The Morgan fingerprint density at radius 3 is 2.04 bits per heavy atom. The predicted octanol–water partition coefficient (Wildman–Crippen LogP) is 4.42. The molecule has 0 spiro atoms. The van der Waals surface area contributed by atoms with Gasteiger partial charge in [0.1, 0.15) is 0 Å². The quantitative estimate of drug-likeness (QED) is 0.238. The first-order valence-corrected chi connectivity index (χ1v) is 7.91. The Morgan fingerprint density at radius 2 is 1.52 bits per heavy atom. The second-order valence-corrected chi connectivity index (χ2v) is 5.44. The van der Waals surface area contributed by atoms with Crippen molar-refractivity contribution in [3.8, 4) is 22.5 Å². The number of hydrogen-bond donors (Lipinski definition) is 1. The molecule has 7 heteroatoms. The number of nitrogens with zero attached hydrogens (tertiary/aromatic N) is 3. The van der Waals surface area contributed by atoms with Gasteiger partial charge in [-0.1, -0.05) is 11.6 Å². The largest absolute Gasteiger partial charge is 0.748 e. The van der Waals surface area contributed by atoms with E-state index >= 15 is 0 Å². The van der Waals surface area contributed by atoms with Gasteiger partial charge in [-0.25, -0.2) is 9.97 Å². The van der Waals surface area contributed by atoms with E-state index in [1.54, 1.807) is 12.1 Å². The van der Waals surface area contributed by atoms with Crippen molar-refractivity contribution in [2.24, 2.45) is 0 Å². The van der Waals surface area contributed by atoms with Gasteiger partial charge < -0.3 is 36.1 Å². The minimum absolute atomic E-state index is 0. The van der Waals surface area contributed by atoms with Crippen molar-refractivity contribution >= 4 is 11.6 Å². The summed E-state index contributed by atoms with van der Waals surface area (Å²) in [5, 5.41) is 10.7. The summed E-state index contributed by atoms with van der Waals surface area (Å²) in [7, 11) is 0. The van der Waals surface area contributed by atoms with Crippen molar-refractivity contribution in [3.05, 3.63) is 95.0 Å². The molecule has 4 aromatic rings. The maximum absolute atomic E-state index is 10.7. The molecule has 0 amide bonds. The Morgan fingerprint density at radius 1 is 0.963 bits per heavy atom. The molecule has 0 atom stereocenters. The van der Waals surface area contributed by atoms with E-state index in [4.69, 9.17) is 5.73 Å². The predicted molar refractivity (Wildman–Crippen MR) is 102 cm³/mol. The molecule has 27 heavy (non-hydrogen) atoms. The van der Waals surface area contributed by atoms with Crippen molar-refractivity contribution in [2.75, 3.05) is 5.73 Å². The van der Waals surface area contributed by atoms with Crippen LogP contribution in [0, 0.1) is 10.1 Å². The third-order valence-corrected chi connectivity index (χ3v) is 3.63. The van der Waals surface area contributed by atoms with E-state index in [1.807, 2.05) is 60.7 Å². The maximum atomic E-state index is 10.7. The van der Waals surface area contributed by atoms with E-state index in [1.165, 1.54) is 12.1 Å². The van der Waals surface area contributed by atoms with Crippen molar-refractivity contribution < 1.29 is 22.0 Å². The monoisotopic (exact) mass is 400 g/mol. The third kappa shape index (κ3) is 5.34. The van der Waals surface area contributed by atoms with E-state index in [0.29, 0.717) is 5.69 Å².